The number of carbonyl (C=O) groups excluding carboxylic acids is 1. The number of hydrogen-bond acceptors (Lipinski definition) is 5. The third kappa shape index (κ3) is 6.64. The average molecular weight is 466 g/mol. The van der Waals surface area contributed by atoms with E-state index in [0.717, 1.165) is 12.1 Å². The lowest BCUT2D eigenvalue weighted by Gasteiger charge is -2.39. The third-order valence-corrected chi connectivity index (χ3v) is 7.31. The van der Waals surface area contributed by atoms with Crippen LogP contribution in [-0.4, -0.2) is 75.5 Å². The van der Waals surface area contributed by atoms with E-state index in [-0.39, 0.29) is 17.3 Å². The van der Waals surface area contributed by atoms with Crippen LogP contribution in [0.15, 0.2) is 29.2 Å². The van der Waals surface area contributed by atoms with Gasteiger partial charge in [-0.15, -0.1) is 0 Å². The predicted octanol–water partition coefficient (Wildman–Crippen LogP) is 2.33. The van der Waals surface area contributed by atoms with Gasteiger partial charge in [0.25, 0.3) is 0 Å². The van der Waals surface area contributed by atoms with E-state index in [1.165, 1.54) is 10.4 Å². The first-order valence-electron chi connectivity index (χ1n) is 10.2. The minimum Gasteiger partial charge on any atom is -0.383 e. The van der Waals surface area contributed by atoms with Gasteiger partial charge in [0.2, 0.25) is 15.9 Å². The molecule has 0 unspecified atom stereocenters. The molecule has 1 saturated heterocycles. The maximum atomic E-state index is 13.2. The molecule has 1 aromatic carbocycles. The normalized spacial score (nSPS) is 16.3. The quantitative estimate of drug-likeness (QED) is 0.567. The highest BCUT2D eigenvalue weighted by Crippen LogP contribution is 2.33. The van der Waals surface area contributed by atoms with Gasteiger partial charge in [0.15, 0.2) is 0 Å². The molecule has 0 aliphatic carbocycles. The molecular formula is C20H30F3N3O4S. The molecule has 1 aromatic rings. The summed E-state index contributed by atoms with van der Waals surface area (Å²) >= 11 is 0. The highest BCUT2D eigenvalue weighted by Gasteiger charge is 2.38. The standard InChI is InChI=1S/C20H30F3N3O4S/c1-15(2)26(31(28,29)18-6-4-5-16(13-18)20(21,22)23)17-7-10-25(11-8-17)19(27)14-24-9-12-30-3/h4-6,13,15,17,24H,7-12,14H2,1-3H3. The molecule has 7 nitrogen and oxygen atoms in total. The number of carbonyl (C=O) groups is 1. The van der Waals surface area contributed by atoms with Crippen LogP contribution in [0.3, 0.4) is 0 Å². The van der Waals surface area contributed by atoms with Crippen LogP contribution in [0.5, 0.6) is 0 Å². The number of alkyl halides is 3. The van der Waals surface area contributed by atoms with Crippen molar-refractivity contribution in [2.75, 3.05) is 39.9 Å². The number of benzene rings is 1. The van der Waals surface area contributed by atoms with E-state index >= 15 is 0 Å². The van der Waals surface area contributed by atoms with E-state index in [4.69, 9.17) is 4.74 Å². The summed E-state index contributed by atoms with van der Waals surface area (Å²) < 4.78 is 71.8. The molecule has 0 aromatic heterocycles. The smallest absolute Gasteiger partial charge is 0.383 e. The number of nitrogens with one attached hydrogen (secondary N) is 1. The minimum atomic E-state index is -4.63. The van der Waals surface area contributed by atoms with Crippen molar-refractivity contribution in [2.45, 2.75) is 49.8 Å². The molecule has 0 saturated carbocycles. The SMILES string of the molecule is COCCNCC(=O)N1CCC(N(C(C)C)S(=O)(=O)c2cccc(C(F)(F)F)c2)CC1. The number of ether oxygens (including phenoxy) is 1. The molecule has 176 valence electrons. The molecule has 1 aliphatic rings. The summed E-state index contributed by atoms with van der Waals surface area (Å²) in [5.74, 6) is -0.0774. The molecule has 1 fully saturated rings. The van der Waals surface area contributed by atoms with Crippen LogP contribution in [-0.2, 0) is 25.7 Å². The number of rotatable bonds is 9. The number of nitrogens with zero attached hydrogens (tertiary/aromatic N) is 2. The highest BCUT2D eigenvalue weighted by atomic mass is 32.2. The van der Waals surface area contributed by atoms with Crippen molar-refractivity contribution in [3.05, 3.63) is 29.8 Å². The maximum absolute atomic E-state index is 13.2. The second kappa shape index (κ2) is 10.8. The Balaban J connectivity index is 2.11. The Labute approximate surface area is 181 Å². The minimum absolute atomic E-state index is 0.0774. The van der Waals surface area contributed by atoms with Crippen molar-refractivity contribution >= 4 is 15.9 Å². The summed E-state index contributed by atoms with van der Waals surface area (Å²) in [4.78, 5) is 13.6. The molecule has 0 spiro atoms. The van der Waals surface area contributed by atoms with Gasteiger partial charge in [-0.05, 0) is 44.9 Å². The first kappa shape index (κ1) is 25.6. The molecule has 1 amide bonds. The van der Waals surface area contributed by atoms with E-state index in [2.05, 4.69) is 5.32 Å². The number of halogens is 3. The summed E-state index contributed by atoms with van der Waals surface area (Å²) in [5, 5.41) is 2.98. The summed E-state index contributed by atoms with van der Waals surface area (Å²) in [6.45, 7) is 5.38. The number of methoxy groups -OCH3 is 1. The lowest BCUT2D eigenvalue weighted by atomic mass is 10.0. The zero-order valence-corrected chi connectivity index (χ0v) is 18.8. The number of amides is 1. The van der Waals surface area contributed by atoms with Gasteiger partial charge in [-0.25, -0.2) is 8.42 Å². The second-order valence-electron chi connectivity index (χ2n) is 7.74. The van der Waals surface area contributed by atoms with Crippen molar-refractivity contribution in [3.63, 3.8) is 0 Å². The fourth-order valence-electron chi connectivity index (χ4n) is 3.70. The first-order chi connectivity index (χ1) is 14.5. The molecule has 1 N–H and O–H groups in total. The van der Waals surface area contributed by atoms with Gasteiger partial charge in [0, 0.05) is 38.8 Å². The van der Waals surface area contributed by atoms with Gasteiger partial charge >= 0.3 is 6.18 Å². The van der Waals surface area contributed by atoms with Crippen LogP contribution in [0.2, 0.25) is 0 Å². The van der Waals surface area contributed by atoms with Gasteiger partial charge in [0.05, 0.1) is 23.6 Å². The molecule has 1 aliphatic heterocycles. The van der Waals surface area contributed by atoms with Crippen LogP contribution < -0.4 is 5.32 Å². The van der Waals surface area contributed by atoms with Crippen molar-refractivity contribution in [3.8, 4) is 0 Å². The maximum Gasteiger partial charge on any atom is 0.416 e. The largest absolute Gasteiger partial charge is 0.416 e. The Morgan fingerprint density at radius 2 is 1.94 bits per heavy atom. The van der Waals surface area contributed by atoms with Gasteiger partial charge in [-0.3, -0.25) is 4.79 Å². The highest BCUT2D eigenvalue weighted by molar-refractivity contribution is 7.89. The number of hydrogen-bond donors (Lipinski definition) is 1. The van der Waals surface area contributed by atoms with E-state index in [1.54, 1.807) is 25.9 Å². The Bertz CT molecular complexity index is 838. The van der Waals surface area contributed by atoms with E-state index in [1.807, 2.05) is 0 Å². The molecule has 11 heteroatoms. The molecule has 31 heavy (non-hydrogen) atoms. The fourth-order valence-corrected chi connectivity index (χ4v) is 5.63. The van der Waals surface area contributed by atoms with Crippen LogP contribution in [0, 0.1) is 0 Å². The van der Waals surface area contributed by atoms with Crippen molar-refractivity contribution < 1.29 is 31.1 Å². The summed E-state index contributed by atoms with van der Waals surface area (Å²) in [5.41, 5.74) is -1.00. The summed E-state index contributed by atoms with van der Waals surface area (Å²) in [6.07, 6.45) is -3.79. The Morgan fingerprint density at radius 1 is 1.29 bits per heavy atom. The van der Waals surface area contributed by atoms with Crippen molar-refractivity contribution in [1.82, 2.24) is 14.5 Å². The van der Waals surface area contributed by atoms with Crippen LogP contribution >= 0.6 is 0 Å². The first-order valence-corrected chi connectivity index (χ1v) is 11.6. The lowest BCUT2D eigenvalue weighted by molar-refractivity contribution is -0.137. The van der Waals surface area contributed by atoms with E-state index in [0.29, 0.717) is 45.1 Å². The lowest BCUT2D eigenvalue weighted by Crippen LogP contribution is -2.52. The molecule has 0 radical (unpaired) electrons. The van der Waals surface area contributed by atoms with Gasteiger partial charge < -0.3 is 15.0 Å². The van der Waals surface area contributed by atoms with Crippen molar-refractivity contribution in [1.29, 1.82) is 0 Å². The summed E-state index contributed by atoms with van der Waals surface area (Å²) in [6, 6.07) is 2.97. The van der Waals surface area contributed by atoms with Crippen LogP contribution in [0.4, 0.5) is 13.2 Å². The Morgan fingerprint density at radius 3 is 2.48 bits per heavy atom. The van der Waals surface area contributed by atoms with E-state index < -0.39 is 33.8 Å². The fraction of sp³-hybridized carbons (Fsp3) is 0.650. The van der Waals surface area contributed by atoms with Gasteiger partial charge in [0.1, 0.15) is 0 Å². The van der Waals surface area contributed by atoms with Crippen LogP contribution in [0.25, 0.3) is 0 Å². The molecular weight excluding hydrogens is 435 g/mol. The molecule has 0 bridgehead atoms. The second-order valence-corrected chi connectivity index (χ2v) is 9.58. The van der Waals surface area contributed by atoms with Gasteiger partial charge in [-0.2, -0.15) is 17.5 Å². The summed E-state index contributed by atoms with van der Waals surface area (Å²) in [7, 11) is -2.57. The third-order valence-electron chi connectivity index (χ3n) is 5.18. The van der Waals surface area contributed by atoms with E-state index in [9.17, 15) is 26.4 Å². The molecule has 2 rings (SSSR count). The topological polar surface area (TPSA) is 79.0 Å². The van der Waals surface area contributed by atoms with Crippen LogP contribution in [0.1, 0.15) is 32.3 Å². The average Bonchev–Trinajstić information content (AvgIpc) is 2.70. The molecule has 1 heterocycles. The predicted molar refractivity (Wildman–Crippen MR) is 110 cm³/mol. The number of sulfonamides is 1. The Kier molecular flexibility index (Phi) is 8.87. The van der Waals surface area contributed by atoms with Gasteiger partial charge in [-0.1, -0.05) is 6.07 Å². The monoisotopic (exact) mass is 465 g/mol. The zero-order chi connectivity index (χ0) is 23.2. The van der Waals surface area contributed by atoms with Crippen molar-refractivity contribution in [2.24, 2.45) is 0 Å². The zero-order valence-electron chi connectivity index (χ0n) is 18.0. The Hall–Kier alpha value is -1.69. The number of likely N-dealkylation sites (tertiary alicyclic amines) is 1. The number of piperidine rings is 1. The molecule has 0 atom stereocenters.